The number of carbonyl (C=O) groups excluding carboxylic acids is 2. The fourth-order valence-electron chi connectivity index (χ4n) is 2.82. The van der Waals surface area contributed by atoms with Crippen LogP contribution in [0.15, 0.2) is 4.52 Å². The minimum atomic E-state index is -0.442. The summed E-state index contributed by atoms with van der Waals surface area (Å²) >= 11 is 1.30. The maximum atomic E-state index is 12.4. The quantitative estimate of drug-likeness (QED) is 0.706. The summed E-state index contributed by atoms with van der Waals surface area (Å²) in [5.74, 6) is 0.706. The van der Waals surface area contributed by atoms with E-state index in [1.165, 1.54) is 16.2 Å². The average molecular weight is 392 g/mol. The fourth-order valence-corrected chi connectivity index (χ4v) is 3.63. The fraction of sp³-hybridized carbons (Fsp3) is 0.625. The molecule has 144 valence electrons. The summed E-state index contributed by atoms with van der Waals surface area (Å²) in [5.41, 5.74) is 0. The van der Waals surface area contributed by atoms with Crippen LogP contribution in [0.5, 0.6) is 0 Å². The highest BCUT2D eigenvalue weighted by Gasteiger charge is 2.37. The smallest absolute Gasteiger partial charge is 0.246 e. The number of nitrogens with zero attached hydrogens (tertiary/aromatic N) is 5. The van der Waals surface area contributed by atoms with Crippen LogP contribution in [0.1, 0.15) is 48.8 Å². The van der Waals surface area contributed by atoms with E-state index in [9.17, 15) is 9.59 Å². The van der Waals surface area contributed by atoms with Gasteiger partial charge in [-0.3, -0.25) is 14.5 Å². The zero-order valence-corrected chi connectivity index (χ0v) is 15.7. The molecule has 1 aliphatic carbocycles. The maximum Gasteiger partial charge on any atom is 0.246 e. The van der Waals surface area contributed by atoms with Gasteiger partial charge in [0, 0.05) is 25.5 Å². The van der Waals surface area contributed by atoms with Gasteiger partial charge in [-0.05, 0) is 19.8 Å². The SMILES string of the molecule is CCOCc1nnc(N2CC(C(=O)NCc3nc(C4CC4)no3)CC2=O)s1. The third kappa shape index (κ3) is 4.14. The number of anilines is 1. The third-order valence-electron chi connectivity index (χ3n) is 4.45. The van der Waals surface area contributed by atoms with E-state index in [1.807, 2.05) is 6.92 Å². The van der Waals surface area contributed by atoms with Crippen LogP contribution >= 0.6 is 11.3 Å². The highest BCUT2D eigenvalue weighted by molar-refractivity contribution is 7.15. The molecule has 27 heavy (non-hydrogen) atoms. The molecule has 0 aromatic carbocycles. The number of rotatable bonds is 8. The third-order valence-corrected chi connectivity index (χ3v) is 5.37. The Labute approximate surface area is 159 Å². The molecule has 4 rings (SSSR count). The van der Waals surface area contributed by atoms with Crippen LogP contribution < -0.4 is 10.2 Å². The first-order valence-electron chi connectivity index (χ1n) is 8.94. The molecule has 0 radical (unpaired) electrons. The van der Waals surface area contributed by atoms with Crippen molar-refractivity contribution >= 4 is 28.3 Å². The molecule has 2 fully saturated rings. The van der Waals surface area contributed by atoms with Crippen LogP contribution in [0.3, 0.4) is 0 Å². The molecule has 1 saturated carbocycles. The van der Waals surface area contributed by atoms with E-state index < -0.39 is 5.92 Å². The summed E-state index contributed by atoms with van der Waals surface area (Å²) in [6, 6.07) is 0. The number of carbonyl (C=O) groups is 2. The van der Waals surface area contributed by atoms with E-state index in [0.29, 0.717) is 41.0 Å². The molecule has 11 heteroatoms. The molecular weight excluding hydrogens is 372 g/mol. The molecule has 2 aliphatic rings. The van der Waals surface area contributed by atoms with Crippen molar-refractivity contribution in [2.45, 2.75) is 45.3 Å². The Morgan fingerprint density at radius 1 is 1.41 bits per heavy atom. The van der Waals surface area contributed by atoms with Gasteiger partial charge in [0.05, 0.1) is 12.5 Å². The van der Waals surface area contributed by atoms with Gasteiger partial charge in [-0.2, -0.15) is 4.98 Å². The average Bonchev–Trinajstić information content (AvgIpc) is 3.07. The van der Waals surface area contributed by atoms with Gasteiger partial charge in [0.1, 0.15) is 11.6 Å². The van der Waals surface area contributed by atoms with E-state index in [2.05, 4.69) is 25.7 Å². The first-order chi connectivity index (χ1) is 13.1. The molecule has 1 aliphatic heterocycles. The predicted molar refractivity (Wildman–Crippen MR) is 93.8 cm³/mol. The lowest BCUT2D eigenvalue weighted by Crippen LogP contribution is -2.32. The van der Waals surface area contributed by atoms with Gasteiger partial charge in [-0.1, -0.05) is 16.5 Å². The predicted octanol–water partition coefficient (Wildman–Crippen LogP) is 1.00. The molecule has 2 aromatic heterocycles. The summed E-state index contributed by atoms with van der Waals surface area (Å²) in [7, 11) is 0. The number of hydrogen-bond donors (Lipinski definition) is 1. The molecule has 1 unspecified atom stereocenters. The largest absolute Gasteiger partial charge is 0.374 e. The summed E-state index contributed by atoms with van der Waals surface area (Å²) < 4.78 is 10.4. The van der Waals surface area contributed by atoms with Crippen LogP contribution in [-0.2, 0) is 27.5 Å². The molecule has 1 saturated heterocycles. The summed E-state index contributed by atoms with van der Waals surface area (Å²) in [4.78, 5) is 30.5. The van der Waals surface area contributed by atoms with Gasteiger partial charge >= 0.3 is 0 Å². The molecule has 3 heterocycles. The molecule has 0 spiro atoms. The van der Waals surface area contributed by atoms with E-state index >= 15 is 0 Å². The van der Waals surface area contributed by atoms with Gasteiger partial charge in [0.15, 0.2) is 5.82 Å². The lowest BCUT2D eigenvalue weighted by Gasteiger charge is -2.12. The van der Waals surface area contributed by atoms with Crippen LogP contribution in [0, 0.1) is 5.92 Å². The Bertz CT molecular complexity index is 832. The van der Waals surface area contributed by atoms with Gasteiger partial charge in [-0.25, -0.2) is 0 Å². The highest BCUT2D eigenvalue weighted by atomic mass is 32.1. The van der Waals surface area contributed by atoms with E-state index in [1.54, 1.807) is 0 Å². The molecule has 10 nitrogen and oxygen atoms in total. The van der Waals surface area contributed by atoms with E-state index in [-0.39, 0.29) is 31.3 Å². The maximum absolute atomic E-state index is 12.4. The van der Waals surface area contributed by atoms with Crippen molar-refractivity contribution in [1.29, 1.82) is 0 Å². The monoisotopic (exact) mass is 392 g/mol. The standard InChI is InChI=1S/C16H20N6O4S/c1-2-25-8-12-19-20-16(27-12)22-7-10(5-13(22)23)15(24)17-6-11-18-14(21-26-11)9-3-4-9/h9-10H,2-8H2,1H3,(H,17,24). The van der Waals surface area contributed by atoms with Crippen LogP contribution in [0.2, 0.25) is 0 Å². The Morgan fingerprint density at radius 3 is 3.04 bits per heavy atom. The lowest BCUT2D eigenvalue weighted by atomic mass is 10.1. The Kier molecular flexibility index (Phi) is 5.12. The Morgan fingerprint density at radius 2 is 2.26 bits per heavy atom. The van der Waals surface area contributed by atoms with Crippen molar-refractivity contribution < 1.29 is 18.8 Å². The van der Waals surface area contributed by atoms with Crippen molar-refractivity contribution in [1.82, 2.24) is 25.7 Å². The molecule has 0 bridgehead atoms. The summed E-state index contributed by atoms with van der Waals surface area (Å²) in [6.07, 6.45) is 2.32. The summed E-state index contributed by atoms with van der Waals surface area (Å²) in [6.45, 7) is 3.30. The van der Waals surface area contributed by atoms with Crippen molar-refractivity contribution in [2.75, 3.05) is 18.1 Å². The zero-order valence-electron chi connectivity index (χ0n) is 14.9. The van der Waals surface area contributed by atoms with Crippen molar-refractivity contribution in [3.05, 3.63) is 16.7 Å². The van der Waals surface area contributed by atoms with Crippen LogP contribution in [0.4, 0.5) is 5.13 Å². The molecule has 2 amide bonds. The number of ether oxygens (including phenoxy) is 1. The van der Waals surface area contributed by atoms with Crippen molar-refractivity contribution in [3.8, 4) is 0 Å². The van der Waals surface area contributed by atoms with Crippen LogP contribution in [0.25, 0.3) is 0 Å². The van der Waals surface area contributed by atoms with Gasteiger partial charge in [0.25, 0.3) is 0 Å². The normalized spacial score (nSPS) is 19.7. The molecular formula is C16H20N6O4S. The zero-order chi connectivity index (χ0) is 18.8. The Hall–Kier alpha value is -2.40. The molecule has 1 N–H and O–H groups in total. The Balaban J connectivity index is 1.30. The number of nitrogens with one attached hydrogen (secondary N) is 1. The first kappa shape index (κ1) is 18.0. The minimum absolute atomic E-state index is 0.136. The van der Waals surface area contributed by atoms with E-state index in [4.69, 9.17) is 9.26 Å². The minimum Gasteiger partial charge on any atom is -0.374 e. The highest BCUT2D eigenvalue weighted by Crippen LogP contribution is 2.38. The second-order valence-electron chi connectivity index (χ2n) is 6.56. The first-order valence-corrected chi connectivity index (χ1v) is 9.76. The van der Waals surface area contributed by atoms with Crippen molar-refractivity contribution in [2.24, 2.45) is 5.92 Å². The number of hydrogen-bond acceptors (Lipinski definition) is 9. The second kappa shape index (κ2) is 7.69. The molecule has 1 atom stereocenters. The van der Waals surface area contributed by atoms with Gasteiger partial charge < -0.3 is 14.6 Å². The van der Waals surface area contributed by atoms with Crippen molar-refractivity contribution in [3.63, 3.8) is 0 Å². The number of aromatic nitrogens is 4. The van der Waals surface area contributed by atoms with E-state index in [0.717, 1.165) is 12.8 Å². The van der Waals surface area contributed by atoms with Gasteiger partial charge in [-0.15, -0.1) is 10.2 Å². The lowest BCUT2D eigenvalue weighted by molar-refractivity contribution is -0.126. The summed E-state index contributed by atoms with van der Waals surface area (Å²) in [5, 5.41) is 16.0. The van der Waals surface area contributed by atoms with Crippen LogP contribution in [-0.4, -0.2) is 45.3 Å². The van der Waals surface area contributed by atoms with Gasteiger partial charge in [0.2, 0.25) is 22.8 Å². The number of amides is 2. The molecule has 2 aromatic rings. The second-order valence-corrected chi connectivity index (χ2v) is 7.60. The topological polar surface area (TPSA) is 123 Å².